The van der Waals surface area contributed by atoms with Crippen LogP contribution in [0.5, 0.6) is 0 Å². The molecule has 0 aliphatic carbocycles. The van der Waals surface area contributed by atoms with E-state index < -0.39 is 0 Å². The molecule has 0 bridgehead atoms. The highest BCUT2D eigenvalue weighted by Gasteiger charge is 2.21. The van der Waals surface area contributed by atoms with Crippen molar-refractivity contribution in [3.8, 4) is 0 Å². The van der Waals surface area contributed by atoms with Gasteiger partial charge in [-0.2, -0.15) is 0 Å². The second-order valence-corrected chi connectivity index (χ2v) is 7.82. The van der Waals surface area contributed by atoms with Crippen molar-refractivity contribution in [2.45, 2.75) is 33.0 Å². The third kappa shape index (κ3) is 4.70. The van der Waals surface area contributed by atoms with Crippen LogP contribution in [0.2, 0.25) is 0 Å². The van der Waals surface area contributed by atoms with E-state index in [0.717, 1.165) is 22.2 Å². The summed E-state index contributed by atoms with van der Waals surface area (Å²) in [5.74, 6) is 0.362. The Balaban J connectivity index is 1.55. The smallest absolute Gasteiger partial charge is 0.252 e. The Kier molecular flexibility index (Phi) is 6.31. The van der Waals surface area contributed by atoms with Crippen molar-refractivity contribution in [3.63, 3.8) is 0 Å². The molecule has 2 amide bonds. The molecule has 1 aromatic heterocycles. The average Bonchev–Trinajstić information content (AvgIpc) is 3.17. The molecule has 0 saturated carbocycles. The van der Waals surface area contributed by atoms with E-state index in [4.69, 9.17) is 4.98 Å². The summed E-state index contributed by atoms with van der Waals surface area (Å²) in [6, 6.07) is 24.5. The molecule has 2 N–H and O–H groups in total. The van der Waals surface area contributed by atoms with E-state index in [1.807, 2.05) is 91.2 Å². The quantitative estimate of drug-likeness (QED) is 0.466. The molecule has 6 heteroatoms. The standard InChI is InChI=1S/C26H26N4O2/c1-18-10-6-7-13-21(18)26(32)28-19(2)25-29-22-14-8-9-15-23(22)30(25)17-24(31)27-16-20-11-4-3-5-12-20/h3-15,19H,16-17H2,1-2H3,(H,27,31)(H,28,32). The van der Waals surface area contributed by atoms with Gasteiger partial charge >= 0.3 is 0 Å². The third-order valence-corrected chi connectivity index (χ3v) is 5.44. The summed E-state index contributed by atoms with van der Waals surface area (Å²) in [6.45, 7) is 4.37. The van der Waals surface area contributed by atoms with Crippen molar-refractivity contribution in [3.05, 3.63) is 101 Å². The normalized spacial score (nSPS) is 11.8. The Hall–Kier alpha value is -3.93. The number of aryl methyl sites for hydroxylation is 1. The lowest BCUT2D eigenvalue weighted by molar-refractivity contribution is -0.121. The number of hydrogen-bond donors (Lipinski definition) is 2. The second-order valence-electron chi connectivity index (χ2n) is 7.82. The zero-order valence-electron chi connectivity index (χ0n) is 18.2. The molecule has 1 atom stereocenters. The Labute approximate surface area is 187 Å². The van der Waals surface area contributed by atoms with Crippen LogP contribution in [0.4, 0.5) is 0 Å². The monoisotopic (exact) mass is 426 g/mol. The molecule has 32 heavy (non-hydrogen) atoms. The van der Waals surface area contributed by atoms with Gasteiger partial charge in [0, 0.05) is 12.1 Å². The number of hydrogen-bond acceptors (Lipinski definition) is 3. The zero-order chi connectivity index (χ0) is 22.5. The molecular formula is C26H26N4O2. The van der Waals surface area contributed by atoms with Gasteiger partial charge in [-0.05, 0) is 43.2 Å². The van der Waals surface area contributed by atoms with Crippen molar-refractivity contribution < 1.29 is 9.59 Å². The van der Waals surface area contributed by atoms with Crippen LogP contribution in [0.25, 0.3) is 11.0 Å². The summed E-state index contributed by atoms with van der Waals surface area (Å²) in [6.07, 6.45) is 0. The minimum absolute atomic E-state index is 0.115. The summed E-state index contributed by atoms with van der Waals surface area (Å²) in [7, 11) is 0. The van der Waals surface area contributed by atoms with Crippen molar-refractivity contribution in [1.82, 2.24) is 20.2 Å². The van der Waals surface area contributed by atoms with Crippen LogP contribution < -0.4 is 10.6 Å². The van der Waals surface area contributed by atoms with Crippen LogP contribution in [-0.4, -0.2) is 21.4 Å². The van der Waals surface area contributed by atoms with Gasteiger partial charge in [0.2, 0.25) is 5.91 Å². The first-order chi connectivity index (χ1) is 15.5. The molecule has 0 radical (unpaired) electrons. The summed E-state index contributed by atoms with van der Waals surface area (Å²) in [4.78, 5) is 30.3. The first-order valence-electron chi connectivity index (χ1n) is 10.6. The van der Waals surface area contributed by atoms with Gasteiger partial charge in [0.15, 0.2) is 0 Å². The number of nitrogens with one attached hydrogen (secondary N) is 2. The van der Waals surface area contributed by atoms with Gasteiger partial charge in [-0.25, -0.2) is 4.98 Å². The Morgan fingerprint density at radius 3 is 2.41 bits per heavy atom. The fourth-order valence-electron chi connectivity index (χ4n) is 3.75. The summed E-state index contributed by atoms with van der Waals surface area (Å²) < 4.78 is 1.87. The number of amides is 2. The van der Waals surface area contributed by atoms with E-state index in [1.54, 1.807) is 6.07 Å². The summed E-state index contributed by atoms with van der Waals surface area (Å²) in [5.41, 5.74) is 4.22. The van der Waals surface area contributed by atoms with Gasteiger partial charge in [-0.3, -0.25) is 9.59 Å². The molecule has 3 aromatic carbocycles. The predicted octanol–water partition coefficient (Wildman–Crippen LogP) is 4.15. The van der Waals surface area contributed by atoms with Crippen LogP contribution in [0.3, 0.4) is 0 Å². The number of rotatable bonds is 7. The van der Waals surface area contributed by atoms with Gasteiger partial charge in [0.05, 0.1) is 17.1 Å². The molecule has 162 valence electrons. The first kappa shape index (κ1) is 21.3. The fourth-order valence-corrected chi connectivity index (χ4v) is 3.75. The molecule has 0 aliphatic heterocycles. The number of benzene rings is 3. The van der Waals surface area contributed by atoms with Crippen LogP contribution >= 0.6 is 0 Å². The molecule has 6 nitrogen and oxygen atoms in total. The van der Waals surface area contributed by atoms with E-state index in [9.17, 15) is 9.59 Å². The topological polar surface area (TPSA) is 76.0 Å². The van der Waals surface area contributed by atoms with E-state index in [0.29, 0.717) is 17.9 Å². The number of para-hydroxylation sites is 2. The van der Waals surface area contributed by atoms with Gasteiger partial charge in [-0.1, -0.05) is 60.7 Å². The van der Waals surface area contributed by atoms with Crippen molar-refractivity contribution in [2.24, 2.45) is 0 Å². The Morgan fingerprint density at radius 2 is 1.62 bits per heavy atom. The largest absolute Gasteiger partial charge is 0.350 e. The second kappa shape index (κ2) is 9.47. The highest BCUT2D eigenvalue weighted by atomic mass is 16.2. The lowest BCUT2D eigenvalue weighted by atomic mass is 10.1. The molecule has 0 aliphatic rings. The molecule has 1 unspecified atom stereocenters. The van der Waals surface area contributed by atoms with Crippen LogP contribution in [-0.2, 0) is 17.9 Å². The maximum atomic E-state index is 12.8. The van der Waals surface area contributed by atoms with Gasteiger partial charge in [-0.15, -0.1) is 0 Å². The van der Waals surface area contributed by atoms with Crippen molar-refractivity contribution in [2.75, 3.05) is 0 Å². The third-order valence-electron chi connectivity index (χ3n) is 5.44. The summed E-state index contributed by atoms with van der Waals surface area (Å²) >= 11 is 0. The molecule has 0 saturated heterocycles. The lowest BCUT2D eigenvalue weighted by Crippen LogP contribution is -2.32. The molecule has 0 spiro atoms. The van der Waals surface area contributed by atoms with Crippen LogP contribution in [0.1, 0.15) is 40.3 Å². The highest BCUT2D eigenvalue weighted by Crippen LogP contribution is 2.21. The number of carbonyl (C=O) groups excluding carboxylic acids is 2. The van der Waals surface area contributed by atoms with Gasteiger partial charge in [0.1, 0.15) is 12.4 Å². The van der Waals surface area contributed by atoms with Crippen LogP contribution in [0.15, 0.2) is 78.9 Å². The number of nitrogens with zero attached hydrogens (tertiary/aromatic N) is 2. The minimum Gasteiger partial charge on any atom is -0.350 e. The number of imidazole rings is 1. The molecule has 4 aromatic rings. The maximum absolute atomic E-state index is 12.8. The van der Waals surface area contributed by atoms with Crippen molar-refractivity contribution >= 4 is 22.8 Å². The maximum Gasteiger partial charge on any atom is 0.252 e. The number of fused-ring (bicyclic) bond motifs is 1. The minimum atomic E-state index is -0.378. The Bertz CT molecular complexity index is 1250. The van der Waals surface area contributed by atoms with E-state index in [-0.39, 0.29) is 24.4 Å². The SMILES string of the molecule is Cc1ccccc1C(=O)NC(C)c1nc2ccccc2n1CC(=O)NCc1ccccc1. The average molecular weight is 427 g/mol. The number of carbonyl (C=O) groups is 2. The lowest BCUT2D eigenvalue weighted by Gasteiger charge is -2.17. The van der Waals surface area contributed by atoms with E-state index in [1.165, 1.54) is 0 Å². The highest BCUT2D eigenvalue weighted by molar-refractivity contribution is 5.95. The molecule has 0 fully saturated rings. The van der Waals surface area contributed by atoms with Crippen LogP contribution in [0, 0.1) is 6.92 Å². The zero-order valence-corrected chi connectivity index (χ0v) is 18.2. The molecule has 1 heterocycles. The number of aromatic nitrogens is 2. The summed E-state index contributed by atoms with van der Waals surface area (Å²) in [5, 5.41) is 6.00. The van der Waals surface area contributed by atoms with Gasteiger partial charge < -0.3 is 15.2 Å². The molecular weight excluding hydrogens is 400 g/mol. The first-order valence-corrected chi connectivity index (χ1v) is 10.6. The fraction of sp³-hybridized carbons (Fsp3) is 0.192. The van der Waals surface area contributed by atoms with E-state index >= 15 is 0 Å². The van der Waals surface area contributed by atoms with Gasteiger partial charge in [0.25, 0.3) is 5.91 Å². The predicted molar refractivity (Wildman–Crippen MR) is 125 cm³/mol. The van der Waals surface area contributed by atoms with E-state index in [2.05, 4.69) is 10.6 Å². The Morgan fingerprint density at radius 1 is 0.938 bits per heavy atom. The van der Waals surface area contributed by atoms with Crippen molar-refractivity contribution in [1.29, 1.82) is 0 Å². The molecule has 4 rings (SSSR count).